The smallest absolute Gasteiger partial charge is 0.167 e. The molecule has 2 fully saturated rings. The fourth-order valence-electron chi connectivity index (χ4n) is 6.04. The molecule has 1 aliphatic heterocycles. The molecule has 0 spiro atoms. The van der Waals surface area contributed by atoms with Crippen LogP contribution in [0.1, 0.15) is 88.7 Å². The monoisotopic (exact) mass is 502 g/mol. The first kappa shape index (κ1) is 26.9. The Kier molecular flexibility index (Phi) is 9.27. The van der Waals surface area contributed by atoms with Gasteiger partial charge in [0.25, 0.3) is 0 Å². The molecule has 1 nitrogen and oxygen atoms in total. The number of rotatable bonds is 8. The van der Waals surface area contributed by atoms with Gasteiger partial charge in [0.05, 0.1) is 12.7 Å². The Morgan fingerprint density at radius 2 is 1.42 bits per heavy atom. The van der Waals surface area contributed by atoms with Gasteiger partial charge in [0.2, 0.25) is 0 Å². The Labute approximate surface area is 212 Å². The highest BCUT2D eigenvalue weighted by Crippen LogP contribution is 2.37. The zero-order valence-electron chi connectivity index (χ0n) is 21.5. The van der Waals surface area contributed by atoms with E-state index < -0.39 is 23.3 Å². The van der Waals surface area contributed by atoms with Crippen molar-refractivity contribution in [2.45, 2.75) is 90.1 Å². The molecule has 0 N–H and O–H groups in total. The van der Waals surface area contributed by atoms with Gasteiger partial charge >= 0.3 is 0 Å². The minimum absolute atomic E-state index is 0.00916. The predicted octanol–water partition coefficient (Wildman–Crippen LogP) is 9.29. The Hall–Kier alpha value is -2.14. The summed E-state index contributed by atoms with van der Waals surface area (Å²) in [5.41, 5.74) is 0.0325. The molecule has 2 aromatic rings. The fourth-order valence-corrected chi connectivity index (χ4v) is 6.04. The highest BCUT2D eigenvalue weighted by Gasteiger charge is 2.28. The SMILES string of the molecule is C/C=C/C1CCC(c2ccc(-c3ccc(CCC4CCC(CCC)CC4)c(F)c3F)c(F)c2F)CO1. The second-order valence-corrected chi connectivity index (χ2v) is 10.6. The van der Waals surface area contributed by atoms with Crippen LogP contribution in [-0.2, 0) is 11.2 Å². The zero-order valence-corrected chi connectivity index (χ0v) is 21.5. The summed E-state index contributed by atoms with van der Waals surface area (Å²) >= 11 is 0. The van der Waals surface area contributed by atoms with Crippen LogP contribution in [-0.4, -0.2) is 12.7 Å². The molecule has 196 valence electrons. The van der Waals surface area contributed by atoms with Crippen molar-refractivity contribution in [2.75, 3.05) is 6.61 Å². The number of benzene rings is 2. The van der Waals surface area contributed by atoms with Crippen LogP contribution < -0.4 is 0 Å². The summed E-state index contributed by atoms with van der Waals surface area (Å²) < 4.78 is 65.8. The number of halogens is 4. The molecule has 2 aromatic carbocycles. The molecule has 2 unspecified atom stereocenters. The summed E-state index contributed by atoms with van der Waals surface area (Å²) in [6, 6.07) is 5.75. The van der Waals surface area contributed by atoms with E-state index in [4.69, 9.17) is 4.74 Å². The lowest BCUT2D eigenvalue weighted by molar-refractivity contribution is 0.0317. The third-order valence-electron chi connectivity index (χ3n) is 8.21. The van der Waals surface area contributed by atoms with Crippen LogP contribution in [0.2, 0.25) is 0 Å². The van der Waals surface area contributed by atoms with Crippen molar-refractivity contribution >= 4 is 0 Å². The molecule has 0 aromatic heterocycles. The van der Waals surface area contributed by atoms with E-state index in [9.17, 15) is 4.39 Å². The van der Waals surface area contributed by atoms with E-state index >= 15 is 13.2 Å². The summed E-state index contributed by atoms with van der Waals surface area (Å²) in [6.45, 7) is 4.42. The molecule has 2 aliphatic rings. The average Bonchev–Trinajstić information content (AvgIpc) is 2.89. The summed E-state index contributed by atoms with van der Waals surface area (Å²) in [6.07, 6.45) is 13.7. The zero-order chi connectivity index (χ0) is 25.7. The second-order valence-electron chi connectivity index (χ2n) is 10.6. The third kappa shape index (κ3) is 6.04. The van der Waals surface area contributed by atoms with E-state index in [2.05, 4.69) is 6.92 Å². The van der Waals surface area contributed by atoms with Crippen LogP contribution in [0, 0.1) is 35.1 Å². The number of aryl methyl sites for hydroxylation is 1. The molecule has 36 heavy (non-hydrogen) atoms. The number of hydrogen-bond acceptors (Lipinski definition) is 1. The van der Waals surface area contributed by atoms with Gasteiger partial charge in [-0.3, -0.25) is 0 Å². The molecular formula is C31H38F4O. The first-order valence-electron chi connectivity index (χ1n) is 13.6. The Morgan fingerprint density at radius 3 is 2.03 bits per heavy atom. The first-order valence-corrected chi connectivity index (χ1v) is 13.6. The van der Waals surface area contributed by atoms with Gasteiger partial charge in [0.15, 0.2) is 23.3 Å². The highest BCUT2D eigenvalue weighted by molar-refractivity contribution is 5.66. The van der Waals surface area contributed by atoms with Gasteiger partial charge < -0.3 is 4.74 Å². The van der Waals surface area contributed by atoms with E-state index in [0.717, 1.165) is 31.6 Å². The van der Waals surface area contributed by atoms with Crippen molar-refractivity contribution < 1.29 is 22.3 Å². The maximum absolute atomic E-state index is 15.1. The van der Waals surface area contributed by atoms with Crippen molar-refractivity contribution in [2.24, 2.45) is 11.8 Å². The van der Waals surface area contributed by atoms with E-state index in [1.165, 1.54) is 49.9 Å². The maximum Gasteiger partial charge on any atom is 0.167 e. The van der Waals surface area contributed by atoms with Crippen molar-refractivity contribution in [1.82, 2.24) is 0 Å². The molecule has 4 rings (SSSR count). The molecule has 0 bridgehead atoms. The van der Waals surface area contributed by atoms with E-state index in [1.54, 1.807) is 0 Å². The minimum atomic E-state index is -1.14. The van der Waals surface area contributed by atoms with Gasteiger partial charge in [0.1, 0.15) is 0 Å². The van der Waals surface area contributed by atoms with Crippen molar-refractivity contribution in [1.29, 1.82) is 0 Å². The largest absolute Gasteiger partial charge is 0.374 e. The first-order chi connectivity index (χ1) is 17.4. The van der Waals surface area contributed by atoms with Crippen molar-refractivity contribution in [3.8, 4) is 11.1 Å². The molecule has 0 radical (unpaired) electrons. The van der Waals surface area contributed by atoms with E-state index in [0.29, 0.717) is 30.9 Å². The van der Waals surface area contributed by atoms with Crippen molar-refractivity contribution in [3.63, 3.8) is 0 Å². The Bertz CT molecular complexity index is 1050. The normalized spacial score (nSPS) is 24.9. The molecule has 0 amide bonds. The Balaban J connectivity index is 1.44. The Morgan fingerprint density at radius 1 is 0.778 bits per heavy atom. The molecular weight excluding hydrogens is 464 g/mol. The van der Waals surface area contributed by atoms with Crippen molar-refractivity contribution in [3.05, 3.63) is 70.8 Å². The number of hydrogen-bond donors (Lipinski definition) is 0. The lowest BCUT2D eigenvalue weighted by Gasteiger charge is -2.28. The van der Waals surface area contributed by atoms with E-state index in [1.807, 2.05) is 19.1 Å². The van der Waals surface area contributed by atoms with Gasteiger partial charge in [-0.1, -0.05) is 81.9 Å². The lowest BCUT2D eigenvalue weighted by Crippen LogP contribution is -2.24. The summed E-state index contributed by atoms with van der Waals surface area (Å²) in [7, 11) is 0. The second kappa shape index (κ2) is 12.4. The highest BCUT2D eigenvalue weighted by atomic mass is 19.2. The van der Waals surface area contributed by atoms with Crippen LogP contribution >= 0.6 is 0 Å². The van der Waals surface area contributed by atoms with Gasteiger partial charge in [-0.05, 0) is 55.6 Å². The molecule has 1 aliphatic carbocycles. The summed E-state index contributed by atoms with van der Waals surface area (Å²) in [5, 5.41) is 0. The van der Waals surface area contributed by atoms with Gasteiger partial charge in [0, 0.05) is 17.0 Å². The minimum Gasteiger partial charge on any atom is -0.374 e. The quantitative estimate of drug-likeness (QED) is 0.258. The van der Waals surface area contributed by atoms with Gasteiger partial charge in [-0.15, -0.1) is 0 Å². The maximum atomic E-state index is 15.1. The topological polar surface area (TPSA) is 9.23 Å². The third-order valence-corrected chi connectivity index (χ3v) is 8.21. The van der Waals surface area contributed by atoms with Crippen LogP contribution in [0.25, 0.3) is 11.1 Å². The summed E-state index contributed by atoms with van der Waals surface area (Å²) in [4.78, 5) is 0. The van der Waals surface area contributed by atoms with Gasteiger partial charge in [-0.2, -0.15) is 0 Å². The number of allylic oxidation sites excluding steroid dienone is 1. The van der Waals surface area contributed by atoms with Crippen LogP contribution in [0.5, 0.6) is 0 Å². The molecule has 1 heterocycles. The molecule has 5 heteroatoms. The molecule has 2 atom stereocenters. The van der Waals surface area contributed by atoms with Gasteiger partial charge in [-0.25, -0.2) is 17.6 Å². The standard InChI is InChI=1S/C31H38F4O/c1-3-5-20-7-9-21(10-8-20)11-12-22-14-16-26(30(34)28(22)32)27-18-17-25(29(33)31(27)35)23-13-15-24(6-4-2)36-19-23/h4,6,14,16-18,20-21,23-24H,3,5,7-13,15,19H2,1-2H3/b6-4+. The van der Waals surface area contributed by atoms with E-state index in [-0.39, 0.29) is 28.7 Å². The van der Waals surface area contributed by atoms with Crippen LogP contribution in [0.3, 0.4) is 0 Å². The summed E-state index contributed by atoms with van der Waals surface area (Å²) in [5.74, 6) is -3.13. The molecule has 1 saturated heterocycles. The van der Waals surface area contributed by atoms with Crippen LogP contribution in [0.4, 0.5) is 17.6 Å². The van der Waals surface area contributed by atoms with Crippen LogP contribution in [0.15, 0.2) is 36.4 Å². The average molecular weight is 503 g/mol. The molecule has 1 saturated carbocycles. The lowest BCUT2D eigenvalue weighted by atomic mass is 9.78. The number of ether oxygens (including phenoxy) is 1. The predicted molar refractivity (Wildman–Crippen MR) is 137 cm³/mol. The fraction of sp³-hybridized carbons (Fsp3) is 0.548.